The van der Waals surface area contributed by atoms with Crippen molar-refractivity contribution >= 4 is 10.0 Å². The molecule has 20 heavy (non-hydrogen) atoms. The van der Waals surface area contributed by atoms with Gasteiger partial charge in [-0.15, -0.1) is 0 Å². The highest BCUT2D eigenvalue weighted by atomic mass is 32.2. The van der Waals surface area contributed by atoms with Crippen molar-refractivity contribution in [2.75, 3.05) is 13.2 Å². The third kappa shape index (κ3) is 3.02. The lowest BCUT2D eigenvalue weighted by Gasteiger charge is -2.34. The topological polar surface area (TPSA) is 57.6 Å². The van der Waals surface area contributed by atoms with Gasteiger partial charge in [-0.1, -0.05) is 12.5 Å². The highest BCUT2D eigenvalue weighted by molar-refractivity contribution is 7.89. The summed E-state index contributed by atoms with van der Waals surface area (Å²) in [6, 6.07) is 3.62. The highest BCUT2D eigenvalue weighted by Gasteiger charge is 2.34. The molecule has 1 aliphatic heterocycles. The summed E-state index contributed by atoms with van der Waals surface area (Å²) >= 11 is 0. The van der Waals surface area contributed by atoms with Gasteiger partial charge in [-0.2, -0.15) is 4.31 Å². The number of nitrogens with zero attached hydrogens (tertiary/aromatic N) is 1. The number of aliphatic hydroxyl groups excluding tert-OH is 1. The summed E-state index contributed by atoms with van der Waals surface area (Å²) in [5, 5.41) is 9.09. The Balaban J connectivity index is 2.39. The normalized spacial score (nSPS) is 21.1. The van der Waals surface area contributed by atoms with Crippen LogP contribution in [0.3, 0.4) is 0 Å². The first-order valence-electron chi connectivity index (χ1n) is 6.85. The van der Waals surface area contributed by atoms with Gasteiger partial charge in [-0.05, 0) is 43.9 Å². The van der Waals surface area contributed by atoms with Gasteiger partial charge < -0.3 is 5.11 Å². The van der Waals surface area contributed by atoms with E-state index in [2.05, 4.69) is 0 Å². The van der Waals surface area contributed by atoms with E-state index in [4.69, 9.17) is 5.11 Å². The summed E-state index contributed by atoms with van der Waals surface area (Å²) in [6.45, 7) is 2.05. The molecule has 0 aliphatic carbocycles. The molecule has 0 radical (unpaired) electrons. The van der Waals surface area contributed by atoms with E-state index in [9.17, 15) is 12.8 Å². The van der Waals surface area contributed by atoms with Crippen LogP contribution in [0, 0.1) is 12.7 Å². The van der Waals surface area contributed by atoms with Gasteiger partial charge in [0.05, 0.1) is 4.90 Å². The first-order chi connectivity index (χ1) is 9.46. The van der Waals surface area contributed by atoms with Crippen molar-refractivity contribution < 1.29 is 17.9 Å². The fourth-order valence-corrected chi connectivity index (χ4v) is 4.67. The lowest BCUT2D eigenvalue weighted by Crippen LogP contribution is -2.44. The van der Waals surface area contributed by atoms with Gasteiger partial charge in [0.15, 0.2) is 0 Å². The maximum absolute atomic E-state index is 13.4. The molecule has 0 bridgehead atoms. The summed E-state index contributed by atoms with van der Waals surface area (Å²) < 4.78 is 40.2. The van der Waals surface area contributed by atoms with Crippen molar-refractivity contribution in [1.82, 2.24) is 4.31 Å². The molecule has 1 heterocycles. The van der Waals surface area contributed by atoms with Crippen LogP contribution in [0.2, 0.25) is 0 Å². The molecule has 4 nitrogen and oxygen atoms in total. The Kier molecular flexibility index (Phi) is 4.78. The monoisotopic (exact) mass is 301 g/mol. The number of halogens is 1. The van der Waals surface area contributed by atoms with Crippen LogP contribution in [0.15, 0.2) is 23.1 Å². The molecular weight excluding hydrogens is 281 g/mol. The molecule has 0 aromatic heterocycles. The Bertz CT molecular complexity index is 572. The minimum absolute atomic E-state index is 0.0299. The van der Waals surface area contributed by atoms with E-state index in [0.29, 0.717) is 18.5 Å². The number of hydrogen-bond donors (Lipinski definition) is 1. The molecule has 6 heteroatoms. The van der Waals surface area contributed by atoms with Crippen molar-refractivity contribution in [2.24, 2.45) is 0 Å². The molecule has 1 aromatic carbocycles. The van der Waals surface area contributed by atoms with Gasteiger partial charge in [-0.3, -0.25) is 0 Å². The lowest BCUT2D eigenvalue weighted by atomic mass is 10.0. The third-order valence-corrected chi connectivity index (χ3v) is 5.87. The van der Waals surface area contributed by atoms with Crippen molar-refractivity contribution in [1.29, 1.82) is 0 Å². The van der Waals surface area contributed by atoms with E-state index in [1.165, 1.54) is 16.4 Å². The number of piperidine rings is 1. The average Bonchev–Trinajstić information content (AvgIpc) is 2.42. The third-order valence-electron chi connectivity index (χ3n) is 3.77. The van der Waals surface area contributed by atoms with Crippen LogP contribution in [0.1, 0.15) is 31.2 Å². The zero-order valence-corrected chi connectivity index (χ0v) is 12.4. The predicted molar refractivity (Wildman–Crippen MR) is 74.4 cm³/mol. The number of benzene rings is 1. The zero-order chi connectivity index (χ0) is 14.8. The number of hydrogen-bond acceptors (Lipinski definition) is 3. The SMILES string of the molecule is Cc1ccc(F)cc1S(=O)(=O)N1CCCCC1CCO. The molecule has 1 saturated heterocycles. The molecule has 1 aliphatic rings. The zero-order valence-electron chi connectivity index (χ0n) is 11.5. The summed E-state index contributed by atoms with van der Waals surface area (Å²) in [5.74, 6) is -0.551. The quantitative estimate of drug-likeness (QED) is 0.926. The second kappa shape index (κ2) is 6.20. The van der Waals surface area contributed by atoms with Gasteiger partial charge in [0.2, 0.25) is 10.0 Å². The van der Waals surface area contributed by atoms with Crippen LogP contribution >= 0.6 is 0 Å². The molecule has 0 saturated carbocycles. The van der Waals surface area contributed by atoms with E-state index < -0.39 is 15.8 Å². The van der Waals surface area contributed by atoms with Gasteiger partial charge in [-0.25, -0.2) is 12.8 Å². The lowest BCUT2D eigenvalue weighted by molar-refractivity contribution is 0.192. The molecule has 1 N–H and O–H groups in total. The molecular formula is C14H20FNO3S. The van der Waals surface area contributed by atoms with Crippen LogP contribution in [0.25, 0.3) is 0 Å². The average molecular weight is 301 g/mol. The Hall–Kier alpha value is -0.980. The summed E-state index contributed by atoms with van der Waals surface area (Å²) in [5.41, 5.74) is 0.541. The van der Waals surface area contributed by atoms with E-state index in [-0.39, 0.29) is 17.5 Å². The maximum atomic E-state index is 13.4. The second-order valence-electron chi connectivity index (χ2n) is 5.19. The Morgan fingerprint density at radius 3 is 2.85 bits per heavy atom. The predicted octanol–water partition coefficient (Wildman–Crippen LogP) is 2.06. The van der Waals surface area contributed by atoms with Crippen LogP contribution in [-0.4, -0.2) is 37.0 Å². The Labute approximate surface area is 119 Å². The van der Waals surface area contributed by atoms with Crippen molar-refractivity contribution in [3.63, 3.8) is 0 Å². The van der Waals surface area contributed by atoms with Gasteiger partial charge in [0.1, 0.15) is 5.82 Å². The standard InChI is InChI=1S/C14H20FNO3S/c1-11-5-6-12(15)10-14(11)20(18,19)16-8-3-2-4-13(16)7-9-17/h5-6,10,13,17H,2-4,7-9H2,1H3. The van der Waals surface area contributed by atoms with E-state index in [1.54, 1.807) is 6.92 Å². The molecule has 1 fully saturated rings. The second-order valence-corrected chi connectivity index (χ2v) is 7.05. The van der Waals surface area contributed by atoms with Crippen LogP contribution in [-0.2, 0) is 10.0 Å². The molecule has 1 atom stereocenters. The van der Waals surface area contributed by atoms with Crippen LogP contribution < -0.4 is 0 Å². The number of rotatable bonds is 4. The van der Waals surface area contributed by atoms with Crippen molar-refractivity contribution in [3.8, 4) is 0 Å². The van der Waals surface area contributed by atoms with Crippen LogP contribution in [0.5, 0.6) is 0 Å². The fourth-order valence-electron chi connectivity index (χ4n) is 2.71. The summed E-state index contributed by atoms with van der Waals surface area (Å²) in [6.07, 6.45) is 2.93. The van der Waals surface area contributed by atoms with Gasteiger partial charge >= 0.3 is 0 Å². The number of aryl methyl sites for hydroxylation is 1. The van der Waals surface area contributed by atoms with Gasteiger partial charge in [0, 0.05) is 19.2 Å². The first-order valence-corrected chi connectivity index (χ1v) is 8.29. The summed E-state index contributed by atoms with van der Waals surface area (Å²) in [7, 11) is -3.70. The minimum atomic E-state index is -3.70. The van der Waals surface area contributed by atoms with Crippen molar-refractivity contribution in [3.05, 3.63) is 29.6 Å². The Morgan fingerprint density at radius 1 is 1.40 bits per heavy atom. The minimum Gasteiger partial charge on any atom is -0.396 e. The number of sulfonamides is 1. The van der Waals surface area contributed by atoms with Crippen molar-refractivity contribution in [2.45, 2.75) is 43.5 Å². The smallest absolute Gasteiger partial charge is 0.243 e. The maximum Gasteiger partial charge on any atom is 0.243 e. The molecule has 1 unspecified atom stereocenters. The molecule has 2 rings (SSSR count). The molecule has 0 amide bonds. The molecule has 1 aromatic rings. The fraction of sp³-hybridized carbons (Fsp3) is 0.571. The molecule has 0 spiro atoms. The number of aliphatic hydroxyl groups is 1. The van der Waals surface area contributed by atoms with E-state index in [1.807, 2.05) is 0 Å². The van der Waals surface area contributed by atoms with E-state index >= 15 is 0 Å². The van der Waals surface area contributed by atoms with Crippen LogP contribution in [0.4, 0.5) is 4.39 Å². The van der Waals surface area contributed by atoms with E-state index in [0.717, 1.165) is 25.3 Å². The highest BCUT2D eigenvalue weighted by Crippen LogP contribution is 2.28. The first kappa shape index (κ1) is 15.4. The largest absolute Gasteiger partial charge is 0.396 e. The Morgan fingerprint density at radius 2 is 2.15 bits per heavy atom. The molecule has 112 valence electrons. The van der Waals surface area contributed by atoms with Gasteiger partial charge in [0.25, 0.3) is 0 Å². The summed E-state index contributed by atoms with van der Waals surface area (Å²) in [4.78, 5) is 0.0299.